The summed E-state index contributed by atoms with van der Waals surface area (Å²) >= 11 is 0. The molecule has 7 nitrogen and oxygen atoms in total. The number of aliphatic carboxylic acids is 2. The molecule has 2 rings (SSSR count). The van der Waals surface area contributed by atoms with E-state index in [9.17, 15) is 9.59 Å². The number of hydrogen-bond acceptors (Lipinski definition) is 5. The van der Waals surface area contributed by atoms with Gasteiger partial charge in [0.2, 0.25) is 16.6 Å². The van der Waals surface area contributed by atoms with Gasteiger partial charge in [0.25, 0.3) is 0 Å². The van der Waals surface area contributed by atoms with Crippen molar-refractivity contribution in [2.75, 3.05) is 12.5 Å². The fourth-order valence-corrected chi connectivity index (χ4v) is 10.5. The first-order chi connectivity index (χ1) is 15.4. The van der Waals surface area contributed by atoms with E-state index < -0.39 is 28.6 Å². The van der Waals surface area contributed by atoms with E-state index >= 15 is 0 Å². The monoisotopic (exact) mass is 486 g/mol. The molecule has 0 radical (unpaired) electrons. The van der Waals surface area contributed by atoms with Crippen LogP contribution in [0.5, 0.6) is 11.5 Å². The molecule has 0 aliphatic heterocycles. The third-order valence-electron chi connectivity index (χ3n) is 4.32. The number of benzene rings is 2. The zero-order chi connectivity index (χ0) is 24.5. The van der Waals surface area contributed by atoms with E-state index in [1.165, 1.54) is 12.2 Å². The van der Waals surface area contributed by atoms with Crippen molar-refractivity contribution in [1.29, 1.82) is 0 Å². The first kappa shape index (κ1) is 26.1. The lowest BCUT2D eigenvalue weighted by Gasteiger charge is -2.33. The fraction of sp³-hybridized carbons (Fsp3) is 0.250. The average molecular weight is 487 g/mol. The SMILES string of the molecule is C[Si](C)(COc1ccc(/C=C/C(=O)O)cc1)O[Si](C)(C)COc1ccc(/C=C/C(=O)O)cc1. The normalized spacial score (nSPS) is 12.2. The highest BCUT2D eigenvalue weighted by Gasteiger charge is 2.34. The van der Waals surface area contributed by atoms with Crippen LogP contribution in [0.25, 0.3) is 12.2 Å². The molecule has 2 aromatic carbocycles. The highest BCUT2D eigenvalue weighted by Crippen LogP contribution is 2.20. The lowest BCUT2D eigenvalue weighted by Crippen LogP contribution is -2.51. The molecule has 0 spiro atoms. The van der Waals surface area contributed by atoms with E-state index in [0.29, 0.717) is 24.0 Å². The van der Waals surface area contributed by atoms with Gasteiger partial charge in [-0.3, -0.25) is 0 Å². The number of rotatable bonds is 12. The van der Waals surface area contributed by atoms with Gasteiger partial charge in [-0.05, 0) is 73.7 Å². The van der Waals surface area contributed by atoms with Gasteiger partial charge in [0.15, 0.2) is 0 Å². The summed E-state index contributed by atoms with van der Waals surface area (Å²) in [6.07, 6.45) is 6.22. The predicted molar refractivity (Wildman–Crippen MR) is 133 cm³/mol. The summed E-state index contributed by atoms with van der Waals surface area (Å²) in [5, 5.41) is 17.4. The van der Waals surface area contributed by atoms with Gasteiger partial charge in [-0.2, -0.15) is 0 Å². The summed E-state index contributed by atoms with van der Waals surface area (Å²) in [6, 6.07) is 14.5. The van der Waals surface area contributed by atoms with Crippen molar-refractivity contribution in [3.63, 3.8) is 0 Å². The Balaban J connectivity index is 1.85. The van der Waals surface area contributed by atoms with Gasteiger partial charge in [-0.1, -0.05) is 24.3 Å². The van der Waals surface area contributed by atoms with Crippen molar-refractivity contribution < 1.29 is 33.4 Å². The Hall–Kier alpha value is -3.15. The van der Waals surface area contributed by atoms with Crippen LogP contribution in [0.1, 0.15) is 11.1 Å². The number of carbonyl (C=O) groups is 2. The first-order valence-corrected chi connectivity index (χ1v) is 16.7. The molecule has 9 heteroatoms. The molecule has 0 atom stereocenters. The molecule has 0 heterocycles. The van der Waals surface area contributed by atoms with Crippen molar-refractivity contribution in [3.05, 3.63) is 71.8 Å². The zero-order valence-electron chi connectivity index (χ0n) is 19.3. The van der Waals surface area contributed by atoms with Crippen molar-refractivity contribution in [3.8, 4) is 11.5 Å². The maximum absolute atomic E-state index is 10.6. The third kappa shape index (κ3) is 10.3. The van der Waals surface area contributed by atoms with Crippen LogP contribution >= 0.6 is 0 Å². The number of carboxylic acids is 2. The second-order valence-electron chi connectivity index (χ2n) is 8.68. The maximum atomic E-state index is 10.6. The van der Waals surface area contributed by atoms with Gasteiger partial charge in [-0.25, -0.2) is 9.59 Å². The molecule has 0 unspecified atom stereocenters. The van der Waals surface area contributed by atoms with Gasteiger partial charge in [0.05, 0.1) is 0 Å². The highest BCUT2D eigenvalue weighted by molar-refractivity contribution is 6.84. The largest absolute Gasteiger partial charge is 0.494 e. The van der Waals surface area contributed by atoms with Gasteiger partial charge in [0, 0.05) is 12.2 Å². The molecule has 0 fully saturated rings. The number of hydrogen-bond donors (Lipinski definition) is 2. The van der Waals surface area contributed by atoms with Gasteiger partial charge in [-0.15, -0.1) is 0 Å². The second-order valence-corrected chi connectivity index (χ2v) is 17.1. The van der Waals surface area contributed by atoms with Gasteiger partial charge < -0.3 is 23.8 Å². The van der Waals surface area contributed by atoms with E-state index in [4.69, 9.17) is 23.8 Å². The number of carboxylic acid groups (broad SMARTS) is 2. The molecule has 0 aromatic heterocycles. The second kappa shape index (κ2) is 11.6. The van der Waals surface area contributed by atoms with Crippen LogP contribution in [-0.2, 0) is 13.7 Å². The molecule has 176 valence electrons. The minimum absolute atomic E-state index is 0.484. The third-order valence-corrected chi connectivity index (χ3v) is 10.4. The molecular weight excluding hydrogens is 456 g/mol. The molecule has 0 bridgehead atoms. The molecule has 0 aliphatic carbocycles. The summed E-state index contributed by atoms with van der Waals surface area (Å²) in [5.41, 5.74) is 1.57. The van der Waals surface area contributed by atoms with E-state index in [0.717, 1.165) is 23.3 Å². The quantitative estimate of drug-likeness (QED) is 0.327. The van der Waals surface area contributed by atoms with Crippen LogP contribution in [0.2, 0.25) is 26.2 Å². The fourth-order valence-electron chi connectivity index (χ4n) is 3.01. The Kier molecular flexibility index (Phi) is 9.21. The van der Waals surface area contributed by atoms with Crippen LogP contribution in [-0.4, -0.2) is 51.2 Å². The molecule has 0 aliphatic rings. The Morgan fingerprint density at radius 1 is 0.697 bits per heavy atom. The minimum Gasteiger partial charge on any atom is -0.494 e. The van der Waals surface area contributed by atoms with Crippen molar-refractivity contribution in [2.24, 2.45) is 0 Å². The molecule has 0 saturated heterocycles. The standard InChI is InChI=1S/C24H30O7Si2/c1-32(2,17-29-21-11-5-19(6-12-21)9-15-23(25)26)31-33(3,4)18-30-22-13-7-20(8-14-22)10-16-24(27)28/h5-16H,17-18H2,1-4H3,(H,25,26)(H,27,28)/b15-9+,16-10+. The lowest BCUT2D eigenvalue weighted by molar-refractivity contribution is -0.132. The molecule has 2 aromatic rings. The smallest absolute Gasteiger partial charge is 0.328 e. The zero-order valence-corrected chi connectivity index (χ0v) is 21.3. The first-order valence-electron chi connectivity index (χ1n) is 10.4. The van der Waals surface area contributed by atoms with Gasteiger partial charge in [0.1, 0.15) is 24.0 Å². The Labute approximate surface area is 196 Å². The highest BCUT2D eigenvalue weighted by atomic mass is 28.4. The van der Waals surface area contributed by atoms with Crippen LogP contribution < -0.4 is 9.47 Å². The molecule has 2 N–H and O–H groups in total. The van der Waals surface area contributed by atoms with E-state index in [-0.39, 0.29) is 0 Å². The summed E-state index contributed by atoms with van der Waals surface area (Å²) < 4.78 is 18.4. The lowest BCUT2D eigenvalue weighted by atomic mass is 10.2. The van der Waals surface area contributed by atoms with E-state index in [2.05, 4.69) is 26.2 Å². The maximum Gasteiger partial charge on any atom is 0.328 e. The minimum atomic E-state index is -2.13. The van der Waals surface area contributed by atoms with Crippen LogP contribution in [0.3, 0.4) is 0 Å². The molecule has 33 heavy (non-hydrogen) atoms. The average Bonchev–Trinajstić information content (AvgIpc) is 2.74. The topological polar surface area (TPSA) is 102 Å². The van der Waals surface area contributed by atoms with Crippen molar-refractivity contribution >= 4 is 40.7 Å². The van der Waals surface area contributed by atoms with Crippen molar-refractivity contribution in [2.45, 2.75) is 26.2 Å². The Bertz CT molecular complexity index is 913. The Morgan fingerprint density at radius 2 is 1.03 bits per heavy atom. The molecule has 0 amide bonds. The predicted octanol–water partition coefficient (Wildman–Crippen LogP) is 4.85. The van der Waals surface area contributed by atoms with Crippen LogP contribution in [0, 0.1) is 0 Å². The van der Waals surface area contributed by atoms with Gasteiger partial charge >= 0.3 is 11.9 Å². The molecular formula is C24H30O7Si2. The van der Waals surface area contributed by atoms with E-state index in [1.54, 1.807) is 24.3 Å². The number of ether oxygens (including phenoxy) is 2. The summed E-state index contributed by atoms with van der Waals surface area (Å²) in [5.74, 6) is -0.555. The summed E-state index contributed by atoms with van der Waals surface area (Å²) in [7, 11) is -4.26. The van der Waals surface area contributed by atoms with Crippen LogP contribution in [0.4, 0.5) is 0 Å². The summed E-state index contributed by atoms with van der Waals surface area (Å²) in [4.78, 5) is 21.2. The summed E-state index contributed by atoms with van der Waals surface area (Å²) in [6.45, 7) is 8.43. The van der Waals surface area contributed by atoms with E-state index in [1.807, 2.05) is 24.3 Å². The van der Waals surface area contributed by atoms with Crippen LogP contribution in [0.15, 0.2) is 60.7 Å². The van der Waals surface area contributed by atoms with Crippen molar-refractivity contribution in [1.82, 2.24) is 0 Å². The Morgan fingerprint density at radius 3 is 1.33 bits per heavy atom. The molecule has 0 saturated carbocycles.